The lowest BCUT2D eigenvalue weighted by atomic mass is 9.98. The molecule has 2 aliphatic heterocycles. The van der Waals surface area contributed by atoms with Crippen molar-refractivity contribution in [2.24, 2.45) is 0 Å². The zero-order valence-corrected chi connectivity index (χ0v) is 11.1. The second-order valence-electron chi connectivity index (χ2n) is 5.66. The van der Waals surface area contributed by atoms with Crippen molar-refractivity contribution in [1.82, 2.24) is 19.8 Å². The van der Waals surface area contributed by atoms with E-state index in [9.17, 15) is 0 Å². The highest BCUT2D eigenvalue weighted by Gasteiger charge is 2.38. The van der Waals surface area contributed by atoms with Gasteiger partial charge in [0.25, 0.3) is 0 Å². The van der Waals surface area contributed by atoms with E-state index in [1.807, 2.05) is 17.5 Å². The number of aromatic nitrogens is 4. The lowest BCUT2D eigenvalue weighted by Crippen LogP contribution is -2.41. The molecule has 2 aromatic heterocycles. The molecule has 2 aliphatic rings. The molecule has 2 atom stereocenters. The molecule has 0 spiro atoms. The van der Waals surface area contributed by atoms with Gasteiger partial charge in [-0.05, 0) is 44.7 Å². The normalized spacial score (nSPS) is 26.4. The topological polar surface area (TPSA) is 46.3 Å². The first-order chi connectivity index (χ1) is 9.22. The average Bonchev–Trinajstić information content (AvgIpc) is 2.89. The van der Waals surface area contributed by atoms with Gasteiger partial charge in [0.1, 0.15) is 5.82 Å². The van der Waals surface area contributed by atoms with Gasteiger partial charge in [0.15, 0.2) is 11.5 Å². The van der Waals surface area contributed by atoms with Crippen LogP contribution in [0.1, 0.15) is 31.5 Å². The summed E-state index contributed by atoms with van der Waals surface area (Å²) in [6.45, 7) is 6.10. The third kappa shape index (κ3) is 1.57. The number of hydrogen-bond acceptors (Lipinski definition) is 4. The predicted molar refractivity (Wildman–Crippen MR) is 73.2 cm³/mol. The summed E-state index contributed by atoms with van der Waals surface area (Å²) in [6.07, 6.45) is 4.73. The van der Waals surface area contributed by atoms with E-state index in [4.69, 9.17) is 5.10 Å². The van der Waals surface area contributed by atoms with Gasteiger partial charge >= 0.3 is 0 Å². The molecule has 2 aromatic rings. The molecule has 19 heavy (non-hydrogen) atoms. The fourth-order valence-corrected chi connectivity index (χ4v) is 3.51. The van der Waals surface area contributed by atoms with Crippen LogP contribution < -0.4 is 4.90 Å². The summed E-state index contributed by atoms with van der Waals surface area (Å²) >= 11 is 0. The molecule has 2 fully saturated rings. The van der Waals surface area contributed by atoms with Crippen molar-refractivity contribution in [1.29, 1.82) is 0 Å². The SMILES string of the molecule is C=C1CC2CCC(C1)N2c1ccc2nnc(C)n2n1. The first-order valence-electron chi connectivity index (χ1n) is 6.86. The zero-order valence-electron chi connectivity index (χ0n) is 11.1. The average molecular weight is 255 g/mol. The second-order valence-corrected chi connectivity index (χ2v) is 5.66. The first kappa shape index (κ1) is 11.0. The predicted octanol–water partition coefficient (Wildman–Crippen LogP) is 2.12. The Morgan fingerprint density at radius 3 is 2.63 bits per heavy atom. The minimum Gasteiger partial charge on any atom is -0.349 e. The van der Waals surface area contributed by atoms with Crippen molar-refractivity contribution in [3.8, 4) is 0 Å². The van der Waals surface area contributed by atoms with Crippen molar-refractivity contribution in [3.05, 3.63) is 30.1 Å². The number of aryl methyl sites for hydroxylation is 1. The van der Waals surface area contributed by atoms with E-state index >= 15 is 0 Å². The molecular weight excluding hydrogens is 238 g/mol. The Morgan fingerprint density at radius 1 is 1.16 bits per heavy atom. The van der Waals surface area contributed by atoms with Crippen LogP contribution in [0, 0.1) is 6.92 Å². The van der Waals surface area contributed by atoms with Crippen LogP contribution in [0.2, 0.25) is 0 Å². The van der Waals surface area contributed by atoms with Gasteiger partial charge < -0.3 is 4.90 Å². The number of nitrogens with zero attached hydrogens (tertiary/aromatic N) is 5. The molecule has 0 amide bonds. The molecule has 2 unspecified atom stereocenters. The molecule has 0 saturated carbocycles. The van der Waals surface area contributed by atoms with Crippen molar-refractivity contribution < 1.29 is 0 Å². The number of rotatable bonds is 1. The molecule has 0 aliphatic carbocycles. The van der Waals surface area contributed by atoms with Crippen LogP contribution in [-0.2, 0) is 0 Å². The van der Waals surface area contributed by atoms with E-state index in [-0.39, 0.29) is 0 Å². The second kappa shape index (κ2) is 3.79. The summed E-state index contributed by atoms with van der Waals surface area (Å²) in [5.41, 5.74) is 2.21. The number of piperidine rings is 1. The molecule has 5 heteroatoms. The van der Waals surface area contributed by atoms with Crippen molar-refractivity contribution in [3.63, 3.8) is 0 Å². The molecule has 98 valence electrons. The maximum Gasteiger partial charge on any atom is 0.178 e. The monoisotopic (exact) mass is 255 g/mol. The Kier molecular flexibility index (Phi) is 2.19. The van der Waals surface area contributed by atoms with Gasteiger partial charge in [-0.3, -0.25) is 0 Å². The van der Waals surface area contributed by atoms with Crippen LogP contribution in [0.4, 0.5) is 5.82 Å². The van der Waals surface area contributed by atoms with E-state index in [1.54, 1.807) is 0 Å². The summed E-state index contributed by atoms with van der Waals surface area (Å²) in [6, 6.07) is 5.23. The molecule has 4 rings (SSSR count). The molecule has 5 nitrogen and oxygen atoms in total. The van der Waals surface area contributed by atoms with Gasteiger partial charge in [0.05, 0.1) is 0 Å². The Labute approximate surface area is 111 Å². The van der Waals surface area contributed by atoms with Crippen molar-refractivity contribution in [2.45, 2.75) is 44.7 Å². The van der Waals surface area contributed by atoms with Gasteiger partial charge in [-0.1, -0.05) is 12.2 Å². The van der Waals surface area contributed by atoms with E-state index < -0.39 is 0 Å². The summed E-state index contributed by atoms with van der Waals surface area (Å²) < 4.78 is 1.83. The number of anilines is 1. The molecule has 0 radical (unpaired) electrons. The minimum absolute atomic E-state index is 0.577. The summed E-state index contributed by atoms with van der Waals surface area (Å²) in [7, 11) is 0. The van der Waals surface area contributed by atoms with Crippen LogP contribution in [0.3, 0.4) is 0 Å². The van der Waals surface area contributed by atoms with Crippen molar-refractivity contribution in [2.75, 3.05) is 4.90 Å². The van der Waals surface area contributed by atoms with Gasteiger partial charge in [0, 0.05) is 12.1 Å². The Morgan fingerprint density at radius 2 is 1.89 bits per heavy atom. The molecule has 0 aromatic carbocycles. The lowest BCUT2D eigenvalue weighted by molar-refractivity contribution is 0.541. The van der Waals surface area contributed by atoms with E-state index in [2.05, 4.69) is 27.7 Å². The quantitative estimate of drug-likeness (QED) is 0.732. The Bertz CT molecular complexity index is 643. The highest BCUT2D eigenvalue weighted by molar-refractivity contribution is 5.49. The van der Waals surface area contributed by atoms with Crippen LogP contribution in [0.5, 0.6) is 0 Å². The van der Waals surface area contributed by atoms with Gasteiger partial charge in [0.2, 0.25) is 0 Å². The third-order valence-corrected chi connectivity index (χ3v) is 4.34. The fraction of sp³-hybridized carbons (Fsp3) is 0.500. The fourth-order valence-electron chi connectivity index (χ4n) is 3.51. The van der Waals surface area contributed by atoms with Crippen LogP contribution in [0.25, 0.3) is 5.65 Å². The highest BCUT2D eigenvalue weighted by Crippen LogP contribution is 2.40. The zero-order chi connectivity index (χ0) is 13.0. The van der Waals surface area contributed by atoms with E-state index in [0.29, 0.717) is 12.1 Å². The third-order valence-electron chi connectivity index (χ3n) is 4.34. The minimum atomic E-state index is 0.577. The maximum atomic E-state index is 4.71. The first-order valence-corrected chi connectivity index (χ1v) is 6.86. The van der Waals surface area contributed by atoms with E-state index in [0.717, 1.165) is 30.1 Å². The molecule has 0 N–H and O–H groups in total. The van der Waals surface area contributed by atoms with E-state index in [1.165, 1.54) is 18.4 Å². The number of hydrogen-bond donors (Lipinski definition) is 0. The van der Waals surface area contributed by atoms with Gasteiger partial charge in [-0.2, -0.15) is 4.52 Å². The molecule has 2 saturated heterocycles. The summed E-state index contributed by atoms with van der Waals surface area (Å²) in [4.78, 5) is 2.48. The standard InChI is InChI=1S/C14H17N5/c1-9-7-11-3-4-12(8-9)18(11)14-6-5-13-16-15-10(2)19(13)17-14/h5-6,11-12H,1,3-4,7-8H2,2H3. The molecular formula is C14H17N5. The summed E-state index contributed by atoms with van der Waals surface area (Å²) in [5.74, 6) is 1.89. The van der Waals surface area contributed by atoms with Crippen LogP contribution >= 0.6 is 0 Å². The van der Waals surface area contributed by atoms with Gasteiger partial charge in [-0.25, -0.2) is 0 Å². The van der Waals surface area contributed by atoms with Gasteiger partial charge in [-0.15, -0.1) is 15.3 Å². The lowest BCUT2D eigenvalue weighted by Gasteiger charge is -2.36. The molecule has 4 heterocycles. The Hall–Kier alpha value is -1.91. The summed E-state index contributed by atoms with van der Waals surface area (Å²) in [5, 5.41) is 12.9. The largest absolute Gasteiger partial charge is 0.349 e. The van der Waals surface area contributed by atoms with Crippen LogP contribution in [0.15, 0.2) is 24.3 Å². The number of fused-ring (bicyclic) bond motifs is 3. The Balaban J connectivity index is 1.78. The smallest absolute Gasteiger partial charge is 0.178 e. The molecule has 2 bridgehead atoms. The van der Waals surface area contributed by atoms with Crippen molar-refractivity contribution >= 4 is 11.5 Å². The maximum absolute atomic E-state index is 4.71. The van der Waals surface area contributed by atoms with Crippen LogP contribution in [-0.4, -0.2) is 31.9 Å². The highest BCUT2D eigenvalue weighted by atomic mass is 15.4.